The monoisotopic (exact) mass is 644 g/mol. The zero-order chi connectivity index (χ0) is 31.9. The Morgan fingerprint density at radius 2 is 2.04 bits per heavy atom. The first-order valence-corrected chi connectivity index (χ1v) is 15.6. The molecule has 2 atom stereocenters. The van der Waals surface area contributed by atoms with Crippen molar-refractivity contribution >= 4 is 40.7 Å². The highest BCUT2D eigenvalue weighted by molar-refractivity contribution is 7.99. The maximum absolute atomic E-state index is 15.4. The molecular weight excluding hydrogens is 609 g/mol. The SMILES string of the molecule is CCN1CCNC(=O)c2ccc(OC)c(c2)NCC#Cc2nc3c(nccn3c2SC(F)F)NC2CCN(CC2F)C(=O)CC1. The molecule has 0 radical (unpaired) electrons. The molecule has 240 valence electrons. The number of ether oxygens (including phenoxy) is 1. The Bertz CT molecular complexity index is 1590. The molecule has 6 rings (SSSR count). The second-order valence-electron chi connectivity index (χ2n) is 10.5. The number of likely N-dealkylation sites (N-methyl/N-ethyl adjacent to an activating group) is 1. The van der Waals surface area contributed by atoms with E-state index in [0.717, 1.165) is 0 Å². The zero-order valence-electron chi connectivity index (χ0n) is 25.0. The molecule has 1 fully saturated rings. The third kappa shape index (κ3) is 7.74. The fourth-order valence-corrected chi connectivity index (χ4v) is 5.97. The number of nitrogens with zero attached hydrogens (tertiary/aromatic N) is 5. The molecule has 1 saturated heterocycles. The first-order valence-electron chi connectivity index (χ1n) is 14.7. The van der Waals surface area contributed by atoms with E-state index in [2.05, 4.69) is 42.7 Å². The molecule has 3 N–H and O–H groups in total. The number of carbonyl (C=O) groups excluding carboxylic acids is 2. The fourth-order valence-electron chi connectivity index (χ4n) is 5.33. The lowest BCUT2D eigenvalue weighted by Gasteiger charge is -2.35. The van der Waals surface area contributed by atoms with Crippen LogP contribution in [0, 0.1) is 11.8 Å². The summed E-state index contributed by atoms with van der Waals surface area (Å²) in [4.78, 5) is 38.3. The standard InChI is InChI=1S/C30H35F3N8O3S/c1-3-39-13-9-25(42)40-14-8-21(20(31)18-40)37-26-27-38-22(29(45-30(32)33)41(27)16-12-35-26)5-4-10-34-23-17-19(6-7-24(23)44-2)28(43)36-11-15-39/h6-7,12,16-17,20-21,30,34H,3,8-11,13-15,18H2,1-2H3,(H,35,37)(H,36,43). The van der Waals surface area contributed by atoms with Crippen LogP contribution in [0.4, 0.5) is 24.7 Å². The number of hydrogen-bond acceptors (Lipinski definition) is 9. The van der Waals surface area contributed by atoms with Gasteiger partial charge in [-0.3, -0.25) is 14.0 Å². The lowest BCUT2D eigenvalue weighted by Crippen LogP contribution is -2.50. The van der Waals surface area contributed by atoms with E-state index in [0.29, 0.717) is 67.9 Å². The predicted octanol–water partition coefficient (Wildman–Crippen LogP) is 3.32. The minimum Gasteiger partial charge on any atom is -0.495 e. The van der Waals surface area contributed by atoms with Gasteiger partial charge in [0.15, 0.2) is 11.5 Å². The number of anilines is 2. The van der Waals surface area contributed by atoms with Gasteiger partial charge in [-0.25, -0.2) is 14.4 Å². The van der Waals surface area contributed by atoms with Crippen molar-refractivity contribution < 1.29 is 27.5 Å². The number of hydrogen-bond donors (Lipinski definition) is 3. The summed E-state index contributed by atoms with van der Waals surface area (Å²) < 4.78 is 49.4. The first kappa shape index (κ1) is 32.2. The fraction of sp³-hybridized carbons (Fsp3) is 0.467. The molecule has 15 heteroatoms. The number of rotatable bonds is 4. The number of amides is 2. The maximum atomic E-state index is 15.4. The van der Waals surface area contributed by atoms with Gasteiger partial charge in [0.2, 0.25) is 5.91 Å². The van der Waals surface area contributed by atoms with Crippen LogP contribution in [0.2, 0.25) is 0 Å². The zero-order valence-corrected chi connectivity index (χ0v) is 25.8. The van der Waals surface area contributed by atoms with Crippen LogP contribution in [0.3, 0.4) is 0 Å². The summed E-state index contributed by atoms with van der Waals surface area (Å²) in [7, 11) is 1.51. The number of halogens is 3. The number of methoxy groups -OCH3 is 1. The van der Waals surface area contributed by atoms with Gasteiger partial charge in [-0.15, -0.1) is 0 Å². The number of carbonyl (C=O) groups is 2. The average Bonchev–Trinajstić information content (AvgIpc) is 3.38. The van der Waals surface area contributed by atoms with Crippen LogP contribution in [0.15, 0.2) is 35.6 Å². The van der Waals surface area contributed by atoms with Crippen LogP contribution in [-0.2, 0) is 4.79 Å². The number of thioether (sulfide) groups is 1. The molecule has 3 aromatic rings. The normalized spacial score (nSPS) is 20.3. The van der Waals surface area contributed by atoms with E-state index in [1.54, 1.807) is 18.2 Å². The second kappa shape index (κ2) is 14.7. The second-order valence-corrected chi connectivity index (χ2v) is 11.5. The van der Waals surface area contributed by atoms with E-state index < -0.39 is 18.0 Å². The van der Waals surface area contributed by atoms with Gasteiger partial charge in [0.05, 0.1) is 31.9 Å². The summed E-state index contributed by atoms with van der Waals surface area (Å²) in [5.41, 5.74) is 1.29. The van der Waals surface area contributed by atoms with Crippen LogP contribution < -0.4 is 20.7 Å². The van der Waals surface area contributed by atoms with Gasteiger partial charge in [0.1, 0.15) is 22.6 Å². The maximum Gasteiger partial charge on any atom is 0.290 e. The molecule has 45 heavy (non-hydrogen) atoms. The van der Waals surface area contributed by atoms with Gasteiger partial charge in [0, 0.05) is 50.6 Å². The molecule has 0 spiro atoms. The molecule has 3 aliphatic rings. The largest absolute Gasteiger partial charge is 0.495 e. The van der Waals surface area contributed by atoms with Gasteiger partial charge in [-0.1, -0.05) is 12.8 Å². The number of benzene rings is 1. The molecule has 2 amide bonds. The van der Waals surface area contributed by atoms with Crippen LogP contribution in [0.1, 0.15) is 35.8 Å². The number of imidazole rings is 1. The summed E-state index contributed by atoms with van der Waals surface area (Å²) in [6, 6.07) is 4.32. The van der Waals surface area contributed by atoms with E-state index >= 15 is 4.39 Å². The van der Waals surface area contributed by atoms with Gasteiger partial charge in [-0.05, 0) is 48.8 Å². The van der Waals surface area contributed by atoms with Crippen LogP contribution in [-0.4, -0.2) is 107 Å². The van der Waals surface area contributed by atoms with Gasteiger partial charge >= 0.3 is 0 Å². The minimum absolute atomic E-state index is 0.0731. The lowest BCUT2D eigenvalue weighted by molar-refractivity contribution is -0.133. The Kier molecular flexibility index (Phi) is 10.6. The Morgan fingerprint density at radius 1 is 1.20 bits per heavy atom. The molecule has 5 heterocycles. The smallest absolute Gasteiger partial charge is 0.290 e. The highest BCUT2D eigenvalue weighted by atomic mass is 32.2. The first-order chi connectivity index (χ1) is 21.8. The topological polar surface area (TPSA) is 116 Å². The van der Waals surface area contributed by atoms with Crippen LogP contribution in [0.5, 0.6) is 5.75 Å². The molecule has 3 aliphatic heterocycles. The molecule has 11 nitrogen and oxygen atoms in total. The molecule has 2 aromatic heterocycles. The predicted molar refractivity (Wildman–Crippen MR) is 166 cm³/mol. The van der Waals surface area contributed by atoms with Crippen molar-refractivity contribution in [2.45, 2.75) is 42.8 Å². The van der Waals surface area contributed by atoms with Crippen molar-refractivity contribution in [2.24, 2.45) is 0 Å². The van der Waals surface area contributed by atoms with Crippen LogP contribution >= 0.6 is 11.8 Å². The minimum atomic E-state index is -2.73. The Hall–Kier alpha value is -4.16. The third-order valence-electron chi connectivity index (χ3n) is 7.75. The van der Waals surface area contributed by atoms with Crippen molar-refractivity contribution in [3.05, 3.63) is 41.9 Å². The highest BCUT2D eigenvalue weighted by Crippen LogP contribution is 2.32. The number of piperidine rings is 1. The molecule has 0 saturated carbocycles. The molecule has 1 aromatic carbocycles. The summed E-state index contributed by atoms with van der Waals surface area (Å²) in [6.07, 6.45) is 2.11. The summed E-state index contributed by atoms with van der Waals surface area (Å²) >= 11 is 0.304. The molecular formula is C30H35F3N8O3S. The average molecular weight is 645 g/mol. The van der Waals surface area contributed by atoms with Crippen molar-refractivity contribution in [3.63, 3.8) is 0 Å². The van der Waals surface area contributed by atoms with Crippen LogP contribution in [0.25, 0.3) is 5.65 Å². The number of alkyl halides is 3. The lowest BCUT2D eigenvalue weighted by atomic mass is 10.0. The highest BCUT2D eigenvalue weighted by Gasteiger charge is 2.32. The van der Waals surface area contributed by atoms with E-state index in [1.807, 2.05) is 6.92 Å². The Labute approximate surface area is 263 Å². The summed E-state index contributed by atoms with van der Waals surface area (Å²) in [5, 5.41) is 9.26. The summed E-state index contributed by atoms with van der Waals surface area (Å²) in [6.45, 7) is 4.44. The third-order valence-corrected chi connectivity index (χ3v) is 8.55. The van der Waals surface area contributed by atoms with E-state index in [-0.39, 0.29) is 53.5 Å². The van der Waals surface area contributed by atoms with Crippen molar-refractivity contribution in [3.8, 4) is 17.6 Å². The number of fused-ring (bicyclic) bond motifs is 11. The van der Waals surface area contributed by atoms with Gasteiger partial charge in [-0.2, -0.15) is 8.78 Å². The van der Waals surface area contributed by atoms with E-state index in [1.165, 1.54) is 28.8 Å². The van der Waals surface area contributed by atoms with Gasteiger partial charge < -0.3 is 30.5 Å². The summed E-state index contributed by atoms with van der Waals surface area (Å²) in [5.74, 6) is 3.36. The number of aromatic nitrogens is 3. The molecule has 0 aliphatic carbocycles. The van der Waals surface area contributed by atoms with E-state index in [4.69, 9.17) is 4.74 Å². The quantitative estimate of drug-likeness (QED) is 0.291. The number of nitrogens with one attached hydrogen (secondary N) is 3. The Morgan fingerprint density at radius 3 is 2.80 bits per heavy atom. The molecule has 6 bridgehead atoms. The van der Waals surface area contributed by atoms with Crippen molar-refractivity contribution in [1.82, 2.24) is 29.5 Å². The van der Waals surface area contributed by atoms with Gasteiger partial charge in [0.25, 0.3) is 11.7 Å². The van der Waals surface area contributed by atoms with Crippen molar-refractivity contribution in [1.29, 1.82) is 0 Å². The van der Waals surface area contributed by atoms with Crippen molar-refractivity contribution in [2.75, 3.05) is 63.6 Å². The van der Waals surface area contributed by atoms with E-state index in [9.17, 15) is 18.4 Å². The molecule has 2 unspecified atom stereocenters. The Balaban J connectivity index is 1.47.